The maximum Gasteiger partial charge on any atom is 0.306 e. The third kappa shape index (κ3) is 3.88. The molecular weight excluding hydrogens is 488 g/mol. The Morgan fingerprint density at radius 2 is 1.66 bits per heavy atom. The second-order valence-electron chi connectivity index (χ2n) is 14.4. The minimum atomic E-state index is -1.58. The van der Waals surface area contributed by atoms with Crippen LogP contribution in [0.2, 0.25) is 0 Å². The van der Waals surface area contributed by atoms with Crippen LogP contribution in [0.15, 0.2) is 11.1 Å². The number of hydrogen-bond donors (Lipinski definition) is 5. The summed E-state index contributed by atoms with van der Waals surface area (Å²) in [5, 5.41) is 54.9. The van der Waals surface area contributed by atoms with Crippen LogP contribution in [0, 0.1) is 39.4 Å². The van der Waals surface area contributed by atoms with E-state index in [1.807, 2.05) is 27.7 Å². The lowest BCUT2D eigenvalue weighted by atomic mass is 9.42. The first-order valence-electron chi connectivity index (χ1n) is 14.0. The molecule has 4 rings (SSSR count). The Labute approximate surface area is 225 Å². The first kappa shape index (κ1) is 29.4. The first-order valence-corrected chi connectivity index (χ1v) is 14.0. The van der Waals surface area contributed by atoms with Crippen molar-refractivity contribution in [3.8, 4) is 0 Å². The lowest BCUT2D eigenvalue weighted by molar-refractivity contribution is -0.148. The summed E-state index contributed by atoms with van der Waals surface area (Å²) in [6.07, 6.45) is -1.19. The highest BCUT2D eigenvalue weighted by atomic mass is 16.4. The fourth-order valence-electron chi connectivity index (χ4n) is 9.43. The van der Waals surface area contributed by atoms with Gasteiger partial charge in [-0.05, 0) is 66.3 Å². The molecule has 0 aromatic carbocycles. The number of allylic oxidation sites excluding steroid dienone is 1. The van der Waals surface area contributed by atoms with Gasteiger partial charge < -0.3 is 25.5 Å². The highest BCUT2D eigenvalue weighted by Crippen LogP contribution is 2.72. The van der Waals surface area contributed by atoms with E-state index in [-0.39, 0.29) is 43.2 Å². The Morgan fingerprint density at radius 1 is 1.05 bits per heavy atom. The fourth-order valence-corrected chi connectivity index (χ4v) is 9.43. The number of aliphatic hydroxyl groups excluding tert-OH is 3. The van der Waals surface area contributed by atoms with E-state index in [0.29, 0.717) is 30.4 Å². The zero-order valence-corrected chi connectivity index (χ0v) is 23.9. The topological polar surface area (TPSA) is 152 Å². The summed E-state index contributed by atoms with van der Waals surface area (Å²) in [6, 6.07) is 0. The smallest absolute Gasteiger partial charge is 0.306 e. The molecule has 2 fully saturated rings. The number of carboxylic acid groups (broad SMARTS) is 1. The van der Waals surface area contributed by atoms with E-state index in [1.54, 1.807) is 6.92 Å². The van der Waals surface area contributed by atoms with Gasteiger partial charge in [-0.1, -0.05) is 41.5 Å². The van der Waals surface area contributed by atoms with Crippen LogP contribution in [0.3, 0.4) is 0 Å². The number of fused-ring (bicyclic) bond motifs is 4. The van der Waals surface area contributed by atoms with Gasteiger partial charge in [-0.25, -0.2) is 0 Å². The van der Waals surface area contributed by atoms with Gasteiger partial charge in [-0.2, -0.15) is 0 Å². The van der Waals surface area contributed by atoms with Gasteiger partial charge in [0.2, 0.25) is 0 Å². The van der Waals surface area contributed by atoms with Crippen LogP contribution >= 0.6 is 0 Å². The molecule has 38 heavy (non-hydrogen) atoms. The zero-order valence-electron chi connectivity index (χ0n) is 23.9. The fraction of sp³-hybridized carbons (Fsp3) is 0.833. The van der Waals surface area contributed by atoms with Crippen LogP contribution in [0.5, 0.6) is 0 Å². The summed E-state index contributed by atoms with van der Waals surface area (Å²) in [5.74, 6) is -3.17. The molecule has 0 aromatic heterocycles. The first-order chi connectivity index (χ1) is 17.2. The molecular formula is C30H46O8. The van der Waals surface area contributed by atoms with Gasteiger partial charge >= 0.3 is 5.97 Å². The quantitative estimate of drug-likeness (QED) is 0.349. The molecule has 0 bridgehead atoms. The van der Waals surface area contributed by atoms with Gasteiger partial charge in [-0.15, -0.1) is 0 Å². The van der Waals surface area contributed by atoms with Crippen LogP contribution in [0.25, 0.3) is 0 Å². The third-order valence-corrected chi connectivity index (χ3v) is 11.8. The molecule has 2 unspecified atom stereocenters. The Hall–Kier alpha value is -1.61. The molecule has 8 nitrogen and oxygen atoms in total. The predicted octanol–water partition coefficient (Wildman–Crippen LogP) is 3.04. The highest BCUT2D eigenvalue weighted by Gasteiger charge is 2.71. The molecule has 0 aromatic rings. The van der Waals surface area contributed by atoms with Crippen LogP contribution < -0.4 is 0 Å². The second kappa shape index (κ2) is 8.95. The van der Waals surface area contributed by atoms with E-state index in [0.717, 1.165) is 0 Å². The standard InChI is InChI=1S/C30H46O8/c1-15(25(36)37)10-16(31)13-29(6,38)20-12-22(35)30(7)24-17(32)11-19-26(2,3)21(34)8-9-27(19,4)23(24)18(33)14-28(20,30)5/h15,17,19-22,32,34-35,38H,8-14H2,1-7H3,(H,36,37)/t15?,17-,19?,20-,21-,22-,27-,28+,29-,30-/m0/s1. The van der Waals surface area contributed by atoms with Crippen molar-refractivity contribution in [2.75, 3.05) is 0 Å². The van der Waals surface area contributed by atoms with Crippen molar-refractivity contribution in [1.82, 2.24) is 0 Å². The lowest BCUT2D eigenvalue weighted by Crippen LogP contribution is -2.61. The minimum absolute atomic E-state index is 0.0674. The Bertz CT molecular complexity index is 1070. The van der Waals surface area contributed by atoms with Gasteiger partial charge in [0.25, 0.3) is 0 Å². The lowest BCUT2D eigenvalue weighted by Gasteiger charge is -2.62. The average molecular weight is 535 g/mol. The Balaban J connectivity index is 1.78. The van der Waals surface area contributed by atoms with E-state index in [9.17, 15) is 39.9 Å². The van der Waals surface area contributed by atoms with Crippen LogP contribution in [-0.4, -0.2) is 67.0 Å². The van der Waals surface area contributed by atoms with Gasteiger partial charge in [0.15, 0.2) is 5.78 Å². The van der Waals surface area contributed by atoms with Gasteiger partial charge in [-0.3, -0.25) is 14.4 Å². The molecule has 0 spiro atoms. The SMILES string of the molecule is CC(CC(=O)C[C@](C)(O)[C@H]1C[C@H](O)[C@@]2(C)C3=C(C(=O)C[C@]12C)[C@@]1(C)CC[C@H](O)C(C)(C)C1C[C@@H]3O)C(=O)O. The van der Waals surface area contributed by atoms with Gasteiger partial charge in [0.1, 0.15) is 5.78 Å². The molecule has 10 atom stereocenters. The molecule has 0 heterocycles. The summed E-state index contributed by atoms with van der Waals surface area (Å²) in [5.41, 5.74) is -3.41. The molecule has 4 aliphatic rings. The number of Topliss-reactive ketones (excluding diaryl/α,β-unsaturated/α-hetero) is 2. The van der Waals surface area contributed by atoms with Gasteiger partial charge in [0.05, 0.1) is 29.8 Å². The van der Waals surface area contributed by atoms with E-state index in [4.69, 9.17) is 0 Å². The molecule has 5 N–H and O–H groups in total. The molecule has 4 aliphatic carbocycles. The van der Waals surface area contributed by atoms with Crippen molar-refractivity contribution in [2.24, 2.45) is 39.4 Å². The maximum absolute atomic E-state index is 14.1. The number of rotatable bonds is 6. The van der Waals surface area contributed by atoms with Crippen molar-refractivity contribution >= 4 is 17.5 Å². The second-order valence-corrected chi connectivity index (χ2v) is 14.4. The predicted molar refractivity (Wildman–Crippen MR) is 140 cm³/mol. The summed E-state index contributed by atoms with van der Waals surface area (Å²) < 4.78 is 0. The summed E-state index contributed by atoms with van der Waals surface area (Å²) >= 11 is 0. The molecule has 0 amide bonds. The normalized spacial score (nSPS) is 44.5. The summed E-state index contributed by atoms with van der Waals surface area (Å²) in [7, 11) is 0. The van der Waals surface area contributed by atoms with E-state index in [2.05, 4.69) is 6.92 Å². The Kier molecular flexibility index (Phi) is 6.92. The monoisotopic (exact) mass is 534 g/mol. The molecule has 2 saturated carbocycles. The molecule has 0 radical (unpaired) electrons. The average Bonchev–Trinajstić information content (AvgIpc) is 2.99. The molecule has 0 aliphatic heterocycles. The molecule has 8 heteroatoms. The molecule has 214 valence electrons. The van der Waals surface area contributed by atoms with E-state index < -0.39 is 63.4 Å². The van der Waals surface area contributed by atoms with Crippen LogP contribution in [0.1, 0.15) is 93.4 Å². The minimum Gasteiger partial charge on any atom is -0.481 e. The van der Waals surface area contributed by atoms with Crippen molar-refractivity contribution in [1.29, 1.82) is 0 Å². The number of carbonyl (C=O) groups is 3. The number of ketones is 2. The number of hydrogen-bond acceptors (Lipinski definition) is 7. The maximum atomic E-state index is 14.1. The largest absolute Gasteiger partial charge is 0.481 e. The van der Waals surface area contributed by atoms with Crippen LogP contribution in [-0.2, 0) is 14.4 Å². The van der Waals surface area contributed by atoms with Crippen molar-refractivity contribution in [2.45, 2.75) is 117 Å². The van der Waals surface area contributed by atoms with E-state index >= 15 is 0 Å². The summed E-state index contributed by atoms with van der Waals surface area (Å²) in [6.45, 7) is 12.8. The van der Waals surface area contributed by atoms with Crippen molar-refractivity contribution in [3.05, 3.63) is 11.1 Å². The van der Waals surface area contributed by atoms with Crippen LogP contribution in [0.4, 0.5) is 0 Å². The number of aliphatic hydroxyl groups is 4. The zero-order chi connectivity index (χ0) is 28.8. The van der Waals surface area contributed by atoms with Crippen molar-refractivity contribution < 1.29 is 39.9 Å². The summed E-state index contributed by atoms with van der Waals surface area (Å²) in [4.78, 5) is 38.1. The number of aliphatic carboxylic acids is 1. The highest BCUT2D eigenvalue weighted by molar-refractivity contribution is 6.00. The van der Waals surface area contributed by atoms with Gasteiger partial charge in [0, 0.05) is 30.3 Å². The number of carbonyl (C=O) groups excluding carboxylic acids is 2. The van der Waals surface area contributed by atoms with Crippen molar-refractivity contribution in [3.63, 3.8) is 0 Å². The van der Waals surface area contributed by atoms with E-state index in [1.165, 1.54) is 6.92 Å². The third-order valence-electron chi connectivity index (χ3n) is 11.8. The number of carboxylic acids is 1. The Morgan fingerprint density at radius 3 is 2.24 bits per heavy atom. The molecule has 0 saturated heterocycles.